The van der Waals surface area contributed by atoms with Gasteiger partial charge in [0.2, 0.25) is 0 Å². The summed E-state index contributed by atoms with van der Waals surface area (Å²) in [6.07, 6.45) is 0. The lowest BCUT2D eigenvalue weighted by Gasteiger charge is -2.22. The van der Waals surface area contributed by atoms with Gasteiger partial charge in [-0.15, -0.1) is 0 Å². The normalized spacial score (nSPS) is 29.2. The van der Waals surface area contributed by atoms with Crippen molar-refractivity contribution in [1.29, 1.82) is 0 Å². The zero-order chi connectivity index (χ0) is 9.35. The van der Waals surface area contributed by atoms with Crippen LogP contribution in [0, 0.1) is 0 Å². The Balaban J connectivity index is 3.06. The summed E-state index contributed by atoms with van der Waals surface area (Å²) >= 11 is 0. The van der Waals surface area contributed by atoms with Crippen LogP contribution in [-0.2, 0) is 14.3 Å². The van der Waals surface area contributed by atoms with Crippen LogP contribution in [0.3, 0.4) is 0 Å². The molecule has 1 aliphatic rings. The topological polar surface area (TPSA) is 55.8 Å². The van der Waals surface area contributed by atoms with Crippen LogP contribution in [0.5, 0.6) is 0 Å². The standard InChI is InChI=1S/C8H12O4/c1-5-6(11-3)8(2,4-9)12-7(5)10/h9H,4H2,1-3H3. The van der Waals surface area contributed by atoms with Crippen LogP contribution < -0.4 is 0 Å². The fraction of sp³-hybridized carbons (Fsp3) is 0.625. The summed E-state index contributed by atoms with van der Waals surface area (Å²) in [4.78, 5) is 11.0. The number of cyclic esters (lactones) is 1. The lowest BCUT2D eigenvalue weighted by atomic mass is 10.0. The highest BCUT2D eigenvalue weighted by Gasteiger charge is 2.43. The summed E-state index contributed by atoms with van der Waals surface area (Å²) in [5.74, 6) is -0.0154. The maximum Gasteiger partial charge on any atom is 0.338 e. The second-order valence-electron chi connectivity index (χ2n) is 2.94. The molecule has 1 unspecified atom stereocenters. The van der Waals surface area contributed by atoms with Gasteiger partial charge in [-0.1, -0.05) is 0 Å². The fourth-order valence-corrected chi connectivity index (χ4v) is 1.29. The Morgan fingerprint density at radius 1 is 1.67 bits per heavy atom. The SMILES string of the molecule is COC1=C(C)C(=O)OC1(C)CO. The monoisotopic (exact) mass is 172 g/mol. The number of ether oxygens (including phenoxy) is 2. The minimum Gasteiger partial charge on any atom is -0.496 e. The predicted molar refractivity (Wildman–Crippen MR) is 41.3 cm³/mol. The van der Waals surface area contributed by atoms with Gasteiger partial charge in [0.05, 0.1) is 19.3 Å². The van der Waals surface area contributed by atoms with Crippen molar-refractivity contribution in [2.45, 2.75) is 19.4 Å². The summed E-state index contributed by atoms with van der Waals surface area (Å²) in [6.45, 7) is 2.96. The number of methoxy groups -OCH3 is 1. The van der Waals surface area contributed by atoms with Gasteiger partial charge in [-0.25, -0.2) is 4.79 Å². The van der Waals surface area contributed by atoms with Crippen molar-refractivity contribution in [3.8, 4) is 0 Å². The Morgan fingerprint density at radius 3 is 2.58 bits per heavy atom. The van der Waals surface area contributed by atoms with E-state index in [0.717, 1.165) is 0 Å². The lowest BCUT2D eigenvalue weighted by molar-refractivity contribution is -0.150. The molecule has 4 nitrogen and oxygen atoms in total. The minimum absolute atomic E-state index is 0.265. The molecule has 1 N–H and O–H groups in total. The van der Waals surface area contributed by atoms with Crippen LogP contribution in [0.4, 0.5) is 0 Å². The number of carbonyl (C=O) groups is 1. The second-order valence-corrected chi connectivity index (χ2v) is 2.94. The molecule has 0 aromatic heterocycles. The molecule has 0 spiro atoms. The van der Waals surface area contributed by atoms with E-state index in [1.807, 2.05) is 0 Å². The van der Waals surface area contributed by atoms with Gasteiger partial charge in [0.25, 0.3) is 0 Å². The van der Waals surface area contributed by atoms with Crippen LogP contribution in [-0.4, -0.2) is 30.4 Å². The molecule has 0 bridgehead atoms. The molecule has 1 heterocycles. The first-order valence-electron chi connectivity index (χ1n) is 3.64. The van der Waals surface area contributed by atoms with E-state index < -0.39 is 11.6 Å². The van der Waals surface area contributed by atoms with E-state index in [4.69, 9.17) is 14.6 Å². The van der Waals surface area contributed by atoms with Crippen molar-refractivity contribution in [3.63, 3.8) is 0 Å². The van der Waals surface area contributed by atoms with E-state index in [0.29, 0.717) is 11.3 Å². The Kier molecular flexibility index (Phi) is 2.10. The van der Waals surface area contributed by atoms with Gasteiger partial charge in [0, 0.05) is 0 Å². The van der Waals surface area contributed by atoms with Crippen LogP contribution in [0.1, 0.15) is 13.8 Å². The molecule has 4 heteroatoms. The zero-order valence-corrected chi connectivity index (χ0v) is 7.38. The number of rotatable bonds is 2. The van der Waals surface area contributed by atoms with E-state index >= 15 is 0 Å². The average molecular weight is 172 g/mol. The number of aliphatic hydroxyl groups excluding tert-OH is 1. The Hall–Kier alpha value is -1.03. The number of hydrogen-bond donors (Lipinski definition) is 1. The predicted octanol–water partition coefficient (Wildman–Crippen LogP) is 0.215. The maximum absolute atomic E-state index is 11.0. The second kappa shape index (κ2) is 2.79. The minimum atomic E-state index is -0.990. The molecule has 12 heavy (non-hydrogen) atoms. The van der Waals surface area contributed by atoms with Crippen molar-refractivity contribution >= 4 is 5.97 Å². The number of hydrogen-bond acceptors (Lipinski definition) is 4. The summed E-state index contributed by atoms with van der Waals surface area (Å²) < 4.78 is 9.90. The third-order valence-electron chi connectivity index (χ3n) is 1.95. The number of aliphatic hydroxyl groups is 1. The molecule has 1 atom stereocenters. The van der Waals surface area contributed by atoms with E-state index in [-0.39, 0.29) is 6.61 Å². The van der Waals surface area contributed by atoms with Crippen molar-refractivity contribution in [2.75, 3.05) is 13.7 Å². The summed E-state index contributed by atoms with van der Waals surface area (Å²) in [5, 5.41) is 8.97. The first-order valence-corrected chi connectivity index (χ1v) is 3.64. The van der Waals surface area contributed by atoms with Gasteiger partial charge in [0.15, 0.2) is 11.4 Å². The first kappa shape index (κ1) is 9.06. The molecule has 68 valence electrons. The zero-order valence-electron chi connectivity index (χ0n) is 7.38. The highest BCUT2D eigenvalue weighted by atomic mass is 16.6. The fourth-order valence-electron chi connectivity index (χ4n) is 1.29. The molecule has 0 saturated heterocycles. The van der Waals surface area contributed by atoms with Crippen molar-refractivity contribution in [2.24, 2.45) is 0 Å². The van der Waals surface area contributed by atoms with E-state index in [1.54, 1.807) is 13.8 Å². The third kappa shape index (κ3) is 1.08. The molecular formula is C8H12O4. The molecule has 0 amide bonds. The molecular weight excluding hydrogens is 160 g/mol. The molecule has 1 aliphatic heterocycles. The van der Waals surface area contributed by atoms with Crippen LogP contribution in [0.2, 0.25) is 0 Å². The quantitative estimate of drug-likeness (QED) is 0.605. The van der Waals surface area contributed by atoms with E-state index in [1.165, 1.54) is 7.11 Å². The van der Waals surface area contributed by atoms with Crippen molar-refractivity contribution in [3.05, 3.63) is 11.3 Å². The largest absolute Gasteiger partial charge is 0.496 e. The summed E-state index contributed by atoms with van der Waals surface area (Å²) in [7, 11) is 1.45. The average Bonchev–Trinajstić information content (AvgIpc) is 2.25. The molecule has 0 radical (unpaired) electrons. The summed E-state index contributed by atoms with van der Waals surface area (Å²) in [5.41, 5.74) is -0.565. The molecule has 0 fully saturated rings. The van der Waals surface area contributed by atoms with E-state index in [9.17, 15) is 4.79 Å². The van der Waals surface area contributed by atoms with Gasteiger partial charge in [0.1, 0.15) is 0 Å². The number of carbonyl (C=O) groups excluding carboxylic acids is 1. The van der Waals surface area contributed by atoms with Gasteiger partial charge < -0.3 is 14.6 Å². The van der Waals surface area contributed by atoms with Crippen LogP contribution >= 0.6 is 0 Å². The third-order valence-corrected chi connectivity index (χ3v) is 1.95. The van der Waals surface area contributed by atoms with Crippen molar-refractivity contribution < 1.29 is 19.4 Å². The van der Waals surface area contributed by atoms with Gasteiger partial charge >= 0.3 is 5.97 Å². The van der Waals surface area contributed by atoms with Gasteiger partial charge in [-0.2, -0.15) is 0 Å². The smallest absolute Gasteiger partial charge is 0.338 e. The van der Waals surface area contributed by atoms with Crippen LogP contribution in [0.25, 0.3) is 0 Å². The molecule has 1 rings (SSSR count). The lowest BCUT2D eigenvalue weighted by Crippen LogP contribution is -2.33. The molecule has 0 aromatic carbocycles. The molecule has 0 aromatic rings. The van der Waals surface area contributed by atoms with Crippen LogP contribution in [0.15, 0.2) is 11.3 Å². The maximum atomic E-state index is 11.0. The van der Waals surface area contributed by atoms with Crippen molar-refractivity contribution in [1.82, 2.24) is 0 Å². The highest BCUT2D eigenvalue weighted by molar-refractivity contribution is 5.91. The molecule has 0 aliphatic carbocycles. The summed E-state index contributed by atoms with van der Waals surface area (Å²) in [6, 6.07) is 0. The number of esters is 1. The Bertz CT molecular complexity index is 243. The Labute approximate surface area is 70.8 Å². The first-order chi connectivity index (χ1) is 5.55. The van der Waals surface area contributed by atoms with E-state index in [2.05, 4.69) is 0 Å². The molecule has 0 saturated carbocycles. The van der Waals surface area contributed by atoms with Gasteiger partial charge in [-0.3, -0.25) is 0 Å². The Morgan fingerprint density at radius 2 is 2.25 bits per heavy atom. The van der Waals surface area contributed by atoms with Gasteiger partial charge in [-0.05, 0) is 13.8 Å². The highest BCUT2D eigenvalue weighted by Crippen LogP contribution is 2.32.